The van der Waals surface area contributed by atoms with Crippen LogP contribution in [0.2, 0.25) is 0 Å². The van der Waals surface area contributed by atoms with Crippen molar-refractivity contribution in [2.75, 3.05) is 0 Å². The number of hydrogen-bond donors (Lipinski definition) is 2. The molecule has 2 amide bonds. The third kappa shape index (κ3) is 1.86. The van der Waals surface area contributed by atoms with Crippen molar-refractivity contribution in [3.63, 3.8) is 0 Å². The smallest absolute Gasteiger partial charge is 0.312 e. The molecule has 3 N–H and O–H groups in total. The van der Waals surface area contributed by atoms with Crippen LogP contribution in [0.3, 0.4) is 0 Å². The van der Waals surface area contributed by atoms with E-state index in [1.165, 1.54) is 0 Å². The molecular formula is C11H12N2O2S. The zero-order valence-electron chi connectivity index (χ0n) is 8.77. The van der Waals surface area contributed by atoms with Gasteiger partial charge in [0.2, 0.25) is 0 Å². The number of nitrogens with one attached hydrogen (secondary N) is 1. The molecule has 1 unspecified atom stereocenters. The number of benzene rings is 1. The summed E-state index contributed by atoms with van der Waals surface area (Å²) in [5, 5.41) is 2.53. The van der Waals surface area contributed by atoms with Crippen molar-refractivity contribution in [1.29, 1.82) is 0 Å². The molecule has 1 aliphatic rings. The van der Waals surface area contributed by atoms with Crippen LogP contribution >= 0.6 is 0 Å². The van der Waals surface area contributed by atoms with Crippen molar-refractivity contribution >= 4 is 22.9 Å². The van der Waals surface area contributed by atoms with E-state index in [4.69, 9.17) is 5.73 Å². The summed E-state index contributed by atoms with van der Waals surface area (Å²) >= 11 is 0. The van der Waals surface area contributed by atoms with E-state index in [0.29, 0.717) is 4.91 Å². The molecule has 0 bridgehead atoms. The third-order valence-electron chi connectivity index (χ3n) is 2.42. The molecule has 0 radical (unpaired) electrons. The number of hydrogen-bond acceptors (Lipinski definition) is 2. The largest absolute Gasteiger partial charge is 0.352 e. The second-order valence-corrected chi connectivity index (χ2v) is 5.03. The van der Waals surface area contributed by atoms with Crippen molar-refractivity contribution in [2.24, 2.45) is 5.73 Å². The minimum atomic E-state index is -1.19. The van der Waals surface area contributed by atoms with E-state index in [1.807, 2.05) is 30.3 Å². The molecule has 0 aliphatic carbocycles. The maximum Gasteiger partial charge on any atom is 0.312 e. The fourth-order valence-corrected chi connectivity index (χ4v) is 3.08. The third-order valence-corrected chi connectivity index (χ3v) is 4.09. The summed E-state index contributed by atoms with van der Waals surface area (Å²) in [6.07, 6.45) is 1.84. The molecule has 0 saturated heterocycles. The number of urea groups is 1. The Morgan fingerprint density at radius 2 is 2.12 bits per heavy atom. The average Bonchev–Trinajstić information content (AvgIpc) is 2.56. The summed E-state index contributed by atoms with van der Waals surface area (Å²) in [6.45, 7) is 1.76. The Morgan fingerprint density at radius 3 is 2.75 bits per heavy atom. The van der Waals surface area contributed by atoms with Crippen LogP contribution in [0.25, 0.3) is 6.08 Å². The Hall–Kier alpha value is -1.62. The number of carbonyl (C=O) groups excluding carboxylic acids is 1. The molecule has 0 aromatic heterocycles. The molecule has 1 aromatic carbocycles. The van der Waals surface area contributed by atoms with Gasteiger partial charge in [0.25, 0.3) is 0 Å². The molecule has 0 fully saturated rings. The predicted octanol–water partition coefficient (Wildman–Crippen LogP) is 1.21. The SMILES string of the molecule is C[C@@H](NC(N)=O)C1=Cc2ccccc2S1=O. The molecule has 2 rings (SSSR count). The second-order valence-electron chi connectivity index (χ2n) is 3.58. The lowest BCUT2D eigenvalue weighted by molar-refractivity contribution is 0.247. The fraction of sp³-hybridized carbons (Fsp3) is 0.182. The Morgan fingerprint density at radius 1 is 1.44 bits per heavy atom. The van der Waals surface area contributed by atoms with Crippen molar-refractivity contribution < 1.29 is 9.00 Å². The highest BCUT2D eigenvalue weighted by Crippen LogP contribution is 2.30. The quantitative estimate of drug-likeness (QED) is 0.810. The highest BCUT2D eigenvalue weighted by molar-refractivity contribution is 7.89. The van der Waals surface area contributed by atoms with Crippen LogP contribution in [0.5, 0.6) is 0 Å². The first-order valence-electron chi connectivity index (χ1n) is 4.88. The van der Waals surface area contributed by atoms with E-state index in [0.717, 1.165) is 10.5 Å². The topological polar surface area (TPSA) is 72.2 Å². The van der Waals surface area contributed by atoms with Crippen LogP contribution in [0.15, 0.2) is 34.1 Å². The molecule has 4 nitrogen and oxygen atoms in total. The van der Waals surface area contributed by atoms with Gasteiger partial charge in [0.15, 0.2) is 0 Å². The molecular weight excluding hydrogens is 224 g/mol. The van der Waals surface area contributed by atoms with Crippen LogP contribution in [-0.2, 0) is 10.8 Å². The van der Waals surface area contributed by atoms with Gasteiger partial charge in [-0.2, -0.15) is 0 Å². The van der Waals surface area contributed by atoms with Gasteiger partial charge in [-0.1, -0.05) is 18.2 Å². The number of carbonyl (C=O) groups is 1. The zero-order chi connectivity index (χ0) is 11.7. The first kappa shape index (κ1) is 10.9. The van der Waals surface area contributed by atoms with E-state index in [1.54, 1.807) is 6.92 Å². The average molecular weight is 236 g/mol. The summed E-state index contributed by atoms with van der Waals surface area (Å²) in [5.41, 5.74) is 5.97. The van der Waals surface area contributed by atoms with Gasteiger partial charge < -0.3 is 11.1 Å². The Bertz CT molecular complexity index is 497. The minimum absolute atomic E-state index is 0.314. The Labute approximate surface area is 96.0 Å². The number of rotatable bonds is 2. The van der Waals surface area contributed by atoms with Gasteiger partial charge in [-0.25, -0.2) is 9.00 Å². The number of amides is 2. The summed E-state index contributed by atoms with van der Waals surface area (Å²) in [7, 11) is -1.19. The molecule has 84 valence electrons. The first-order valence-corrected chi connectivity index (χ1v) is 6.03. The Balaban J connectivity index is 2.28. The molecule has 16 heavy (non-hydrogen) atoms. The van der Waals surface area contributed by atoms with Gasteiger partial charge in [-0.05, 0) is 24.6 Å². The normalized spacial score (nSPS) is 19.8. The maximum absolute atomic E-state index is 12.1. The molecule has 2 atom stereocenters. The highest BCUT2D eigenvalue weighted by Gasteiger charge is 2.25. The highest BCUT2D eigenvalue weighted by atomic mass is 32.2. The van der Waals surface area contributed by atoms with Gasteiger partial charge in [-0.15, -0.1) is 0 Å². The van der Waals surface area contributed by atoms with Crippen molar-refractivity contribution in [3.8, 4) is 0 Å². The van der Waals surface area contributed by atoms with Crippen LogP contribution in [-0.4, -0.2) is 16.3 Å². The molecule has 5 heteroatoms. The molecule has 1 aromatic rings. The first-order chi connectivity index (χ1) is 7.59. The van der Waals surface area contributed by atoms with Crippen LogP contribution in [0.4, 0.5) is 4.79 Å². The van der Waals surface area contributed by atoms with E-state index < -0.39 is 16.8 Å². The summed E-state index contributed by atoms with van der Waals surface area (Å²) < 4.78 is 12.1. The van der Waals surface area contributed by atoms with Crippen molar-refractivity contribution in [3.05, 3.63) is 34.7 Å². The zero-order valence-corrected chi connectivity index (χ0v) is 9.58. The summed E-state index contributed by atoms with van der Waals surface area (Å²) in [6, 6.07) is 6.54. The molecule has 1 heterocycles. The van der Waals surface area contributed by atoms with Crippen molar-refractivity contribution in [2.45, 2.75) is 17.9 Å². The molecule has 1 aliphatic heterocycles. The summed E-state index contributed by atoms with van der Waals surface area (Å²) in [4.78, 5) is 12.2. The fourth-order valence-electron chi connectivity index (χ4n) is 1.67. The van der Waals surface area contributed by atoms with E-state index >= 15 is 0 Å². The van der Waals surface area contributed by atoms with Gasteiger partial charge in [0.05, 0.1) is 21.7 Å². The predicted molar refractivity (Wildman–Crippen MR) is 63.0 cm³/mol. The minimum Gasteiger partial charge on any atom is -0.352 e. The standard InChI is InChI=1S/C11H12N2O2S/c1-7(13-11(12)14)10-6-8-4-2-3-5-9(8)16(10)15/h2-7H,1H3,(H3,12,13,14)/t7-,16?/m1/s1. The molecule has 0 spiro atoms. The van der Waals surface area contributed by atoms with E-state index in [-0.39, 0.29) is 6.04 Å². The Kier molecular flexibility index (Phi) is 2.78. The number of fused-ring (bicyclic) bond motifs is 1. The van der Waals surface area contributed by atoms with Gasteiger partial charge in [-0.3, -0.25) is 0 Å². The maximum atomic E-state index is 12.1. The second kappa shape index (κ2) is 4.09. The molecule has 0 saturated carbocycles. The van der Waals surface area contributed by atoms with Crippen LogP contribution in [0, 0.1) is 0 Å². The van der Waals surface area contributed by atoms with Crippen molar-refractivity contribution in [1.82, 2.24) is 5.32 Å². The number of primary amides is 1. The van der Waals surface area contributed by atoms with Crippen LogP contribution in [0.1, 0.15) is 12.5 Å². The lowest BCUT2D eigenvalue weighted by Crippen LogP contribution is -2.38. The summed E-state index contributed by atoms with van der Waals surface area (Å²) in [5.74, 6) is 0. The number of nitrogens with two attached hydrogens (primary N) is 1. The van der Waals surface area contributed by atoms with Gasteiger partial charge >= 0.3 is 6.03 Å². The lowest BCUT2D eigenvalue weighted by atomic mass is 10.2. The monoisotopic (exact) mass is 236 g/mol. The van der Waals surface area contributed by atoms with E-state index in [2.05, 4.69) is 5.32 Å². The van der Waals surface area contributed by atoms with Crippen LogP contribution < -0.4 is 11.1 Å². The lowest BCUT2D eigenvalue weighted by Gasteiger charge is -2.12. The van der Waals surface area contributed by atoms with Gasteiger partial charge in [0.1, 0.15) is 0 Å². The van der Waals surface area contributed by atoms with Gasteiger partial charge in [0, 0.05) is 4.91 Å². The van der Waals surface area contributed by atoms with E-state index in [9.17, 15) is 9.00 Å².